The number of rotatable bonds is 4. The van der Waals surface area contributed by atoms with Gasteiger partial charge in [-0.1, -0.05) is 0 Å². The molecule has 1 heterocycles. The summed E-state index contributed by atoms with van der Waals surface area (Å²) in [4.78, 5) is 21.7. The van der Waals surface area contributed by atoms with Crippen LogP contribution in [0.5, 0.6) is 0 Å². The molecule has 0 spiro atoms. The Morgan fingerprint density at radius 1 is 1.20 bits per heavy atom. The highest BCUT2D eigenvalue weighted by Crippen LogP contribution is 2.46. The van der Waals surface area contributed by atoms with Crippen LogP contribution >= 0.6 is 0 Å². The van der Waals surface area contributed by atoms with Gasteiger partial charge in [-0.3, -0.25) is 4.79 Å². The number of nitrogens with zero attached hydrogens (tertiary/aromatic N) is 4. The number of carbonyl (C=O) groups is 2. The summed E-state index contributed by atoms with van der Waals surface area (Å²) in [6.45, 7) is 0. The zero-order valence-corrected chi connectivity index (χ0v) is 10.2. The van der Waals surface area contributed by atoms with Crippen LogP contribution in [0.25, 0.3) is 5.69 Å². The summed E-state index contributed by atoms with van der Waals surface area (Å²) in [5.74, 6) is -2.02. The van der Waals surface area contributed by atoms with Gasteiger partial charge in [-0.2, -0.15) is 4.68 Å². The summed E-state index contributed by atoms with van der Waals surface area (Å²) in [5, 5.41) is 29.0. The zero-order valence-electron chi connectivity index (χ0n) is 10.2. The van der Waals surface area contributed by atoms with E-state index in [1.54, 1.807) is 12.1 Å². The van der Waals surface area contributed by atoms with Crippen molar-refractivity contribution in [3.63, 3.8) is 0 Å². The van der Waals surface area contributed by atoms with Gasteiger partial charge in [-0.15, -0.1) is 5.10 Å². The van der Waals surface area contributed by atoms with E-state index in [1.807, 2.05) is 0 Å². The average Bonchev–Trinajstić information content (AvgIpc) is 3.09. The lowest BCUT2D eigenvalue weighted by Crippen LogP contribution is -2.06. The molecule has 0 amide bonds. The summed E-state index contributed by atoms with van der Waals surface area (Å²) in [6, 6.07) is 6.07. The molecule has 8 nitrogen and oxygen atoms in total. The van der Waals surface area contributed by atoms with E-state index in [2.05, 4.69) is 15.5 Å². The SMILES string of the molecule is O=C(O)c1ccc(-n2nnnc2C2CC2C(=O)O)cc1. The third-order valence-electron chi connectivity index (χ3n) is 3.29. The van der Waals surface area contributed by atoms with E-state index in [4.69, 9.17) is 10.2 Å². The molecule has 1 aliphatic carbocycles. The Labute approximate surface area is 112 Å². The van der Waals surface area contributed by atoms with Crippen molar-refractivity contribution in [2.75, 3.05) is 0 Å². The number of aromatic nitrogens is 4. The van der Waals surface area contributed by atoms with Crippen LogP contribution in [0.1, 0.15) is 28.5 Å². The lowest BCUT2D eigenvalue weighted by atomic mass is 10.2. The lowest BCUT2D eigenvalue weighted by molar-refractivity contribution is -0.138. The molecule has 0 saturated heterocycles. The van der Waals surface area contributed by atoms with E-state index in [-0.39, 0.29) is 11.5 Å². The molecule has 1 fully saturated rings. The minimum absolute atomic E-state index is 0.165. The molecule has 2 atom stereocenters. The van der Waals surface area contributed by atoms with E-state index >= 15 is 0 Å². The summed E-state index contributed by atoms with van der Waals surface area (Å²) in [7, 11) is 0. The number of aliphatic carboxylic acids is 1. The number of carboxylic acid groups (broad SMARTS) is 2. The van der Waals surface area contributed by atoms with Gasteiger partial charge in [0.15, 0.2) is 5.82 Å². The molecule has 0 bridgehead atoms. The fourth-order valence-electron chi connectivity index (χ4n) is 2.11. The van der Waals surface area contributed by atoms with E-state index in [0.29, 0.717) is 17.9 Å². The van der Waals surface area contributed by atoms with Crippen molar-refractivity contribution in [2.24, 2.45) is 5.92 Å². The second-order valence-electron chi connectivity index (χ2n) is 4.59. The van der Waals surface area contributed by atoms with Crippen LogP contribution in [0, 0.1) is 5.92 Å². The van der Waals surface area contributed by atoms with Crippen molar-refractivity contribution in [3.05, 3.63) is 35.7 Å². The number of benzene rings is 1. The first-order chi connectivity index (χ1) is 9.58. The van der Waals surface area contributed by atoms with Gasteiger partial charge in [-0.05, 0) is 41.1 Å². The Kier molecular flexibility index (Phi) is 2.70. The van der Waals surface area contributed by atoms with Gasteiger partial charge in [0.2, 0.25) is 0 Å². The molecule has 1 aromatic carbocycles. The number of tetrazole rings is 1. The van der Waals surface area contributed by atoms with E-state index in [1.165, 1.54) is 16.8 Å². The molecule has 0 radical (unpaired) electrons. The normalized spacial score (nSPS) is 20.6. The molecule has 2 unspecified atom stereocenters. The molecule has 1 saturated carbocycles. The largest absolute Gasteiger partial charge is 0.481 e. The van der Waals surface area contributed by atoms with Crippen LogP contribution in [0.2, 0.25) is 0 Å². The summed E-state index contributed by atoms with van der Waals surface area (Å²) in [5.41, 5.74) is 0.768. The fourth-order valence-corrected chi connectivity index (χ4v) is 2.11. The molecule has 1 aromatic heterocycles. The Balaban J connectivity index is 1.90. The maximum atomic E-state index is 10.9. The Morgan fingerprint density at radius 2 is 1.90 bits per heavy atom. The van der Waals surface area contributed by atoms with E-state index < -0.39 is 17.9 Å². The van der Waals surface area contributed by atoms with Gasteiger partial charge < -0.3 is 10.2 Å². The second kappa shape index (κ2) is 4.41. The number of carboxylic acids is 2. The fraction of sp³-hybridized carbons (Fsp3) is 0.250. The quantitative estimate of drug-likeness (QED) is 0.835. The van der Waals surface area contributed by atoms with Gasteiger partial charge in [0.1, 0.15) is 0 Å². The Hall–Kier alpha value is -2.77. The van der Waals surface area contributed by atoms with Crippen molar-refractivity contribution < 1.29 is 19.8 Å². The van der Waals surface area contributed by atoms with E-state index in [9.17, 15) is 9.59 Å². The van der Waals surface area contributed by atoms with Crippen molar-refractivity contribution in [3.8, 4) is 5.69 Å². The number of aromatic carboxylic acids is 1. The van der Waals surface area contributed by atoms with Crippen LogP contribution in [-0.2, 0) is 4.79 Å². The van der Waals surface area contributed by atoms with Crippen molar-refractivity contribution in [1.29, 1.82) is 0 Å². The van der Waals surface area contributed by atoms with Gasteiger partial charge in [0.05, 0.1) is 17.2 Å². The molecule has 102 valence electrons. The van der Waals surface area contributed by atoms with Crippen molar-refractivity contribution >= 4 is 11.9 Å². The van der Waals surface area contributed by atoms with Crippen LogP contribution in [0.4, 0.5) is 0 Å². The molecule has 0 aliphatic heterocycles. The predicted octanol–water partition coefficient (Wildman–Crippen LogP) is 0.549. The monoisotopic (exact) mass is 274 g/mol. The highest BCUT2D eigenvalue weighted by Gasteiger charge is 2.47. The van der Waals surface area contributed by atoms with Gasteiger partial charge in [-0.25, -0.2) is 4.79 Å². The standard InChI is InChI=1S/C12H10N4O4/c17-11(18)6-1-3-7(4-2-6)16-10(13-14-15-16)8-5-9(8)12(19)20/h1-4,8-9H,5H2,(H,17,18)(H,19,20). The highest BCUT2D eigenvalue weighted by molar-refractivity contribution is 5.87. The molecule has 8 heteroatoms. The van der Waals surface area contributed by atoms with E-state index in [0.717, 1.165) is 0 Å². The number of hydrogen-bond donors (Lipinski definition) is 2. The van der Waals surface area contributed by atoms with Gasteiger partial charge >= 0.3 is 11.9 Å². The minimum atomic E-state index is -1.01. The topological polar surface area (TPSA) is 118 Å². The highest BCUT2D eigenvalue weighted by atomic mass is 16.4. The summed E-state index contributed by atoms with van der Waals surface area (Å²) in [6.07, 6.45) is 0.517. The second-order valence-corrected chi connectivity index (χ2v) is 4.59. The molecule has 3 rings (SSSR count). The van der Waals surface area contributed by atoms with Gasteiger partial charge in [0.25, 0.3) is 0 Å². The predicted molar refractivity (Wildman–Crippen MR) is 64.6 cm³/mol. The zero-order chi connectivity index (χ0) is 14.3. The maximum Gasteiger partial charge on any atom is 0.335 e. The van der Waals surface area contributed by atoms with Crippen molar-refractivity contribution in [1.82, 2.24) is 20.2 Å². The van der Waals surface area contributed by atoms with Crippen LogP contribution in [0.3, 0.4) is 0 Å². The third kappa shape index (κ3) is 2.00. The molecule has 20 heavy (non-hydrogen) atoms. The molecule has 1 aliphatic rings. The van der Waals surface area contributed by atoms with Gasteiger partial charge in [0, 0.05) is 5.92 Å². The first-order valence-electron chi connectivity index (χ1n) is 5.92. The minimum Gasteiger partial charge on any atom is -0.481 e. The first-order valence-corrected chi connectivity index (χ1v) is 5.92. The van der Waals surface area contributed by atoms with Crippen LogP contribution < -0.4 is 0 Å². The average molecular weight is 274 g/mol. The molecule has 2 aromatic rings. The molecule has 2 N–H and O–H groups in total. The third-order valence-corrected chi connectivity index (χ3v) is 3.29. The molecular weight excluding hydrogens is 264 g/mol. The lowest BCUT2D eigenvalue weighted by Gasteiger charge is -2.04. The maximum absolute atomic E-state index is 10.9. The van der Waals surface area contributed by atoms with Crippen LogP contribution in [-0.4, -0.2) is 42.4 Å². The van der Waals surface area contributed by atoms with Crippen LogP contribution in [0.15, 0.2) is 24.3 Å². The summed E-state index contributed by atoms with van der Waals surface area (Å²) < 4.78 is 1.44. The molecular formula is C12H10N4O4. The first kappa shape index (κ1) is 12.3. The van der Waals surface area contributed by atoms with Crippen molar-refractivity contribution in [2.45, 2.75) is 12.3 Å². The Bertz CT molecular complexity index is 679. The summed E-state index contributed by atoms with van der Waals surface area (Å²) >= 11 is 0. The number of hydrogen-bond acceptors (Lipinski definition) is 5. The smallest absolute Gasteiger partial charge is 0.335 e. The Morgan fingerprint density at radius 3 is 2.45 bits per heavy atom.